The van der Waals surface area contributed by atoms with E-state index < -0.39 is 0 Å². The number of thiazole rings is 1. The van der Waals surface area contributed by atoms with Gasteiger partial charge in [-0.05, 0) is 31.7 Å². The quantitative estimate of drug-likeness (QED) is 0.850. The van der Waals surface area contributed by atoms with E-state index in [9.17, 15) is 0 Å². The normalized spacial score (nSPS) is 10.6. The van der Waals surface area contributed by atoms with Gasteiger partial charge in [-0.15, -0.1) is 11.3 Å². The molecule has 20 heavy (non-hydrogen) atoms. The van der Waals surface area contributed by atoms with Crippen LogP contribution >= 0.6 is 11.3 Å². The average molecular weight is 292 g/mol. The fourth-order valence-corrected chi connectivity index (χ4v) is 2.67. The molecule has 0 aliphatic rings. The van der Waals surface area contributed by atoms with Gasteiger partial charge in [-0.25, -0.2) is 4.98 Å². The third kappa shape index (κ3) is 3.49. The smallest absolute Gasteiger partial charge is 0.161 e. The Morgan fingerprint density at radius 1 is 1.25 bits per heavy atom. The Morgan fingerprint density at radius 3 is 2.80 bits per heavy atom. The molecule has 0 atom stereocenters. The number of ether oxygens (including phenoxy) is 2. The highest BCUT2D eigenvalue weighted by atomic mass is 32.1. The van der Waals surface area contributed by atoms with Crippen molar-refractivity contribution in [3.05, 3.63) is 29.3 Å². The maximum atomic E-state index is 5.60. The predicted octanol–water partition coefficient (Wildman–Crippen LogP) is 3.33. The molecular weight excluding hydrogens is 272 g/mol. The van der Waals surface area contributed by atoms with E-state index in [1.54, 1.807) is 18.4 Å². The van der Waals surface area contributed by atoms with Gasteiger partial charge >= 0.3 is 0 Å². The summed E-state index contributed by atoms with van der Waals surface area (Å²) in [6.07, 6.45) is 0. The third-order valence-corrected chi connectivity index (χ3v) is 3.76. The van der Waals surface area contributed by atoms with Gasteiger partial charge in [0, 0.05) is 17.5 Å². The summed E-state index contributed by atoms with van der Waals surface area (Å²) in [6.45, 7) is 6.42. The van der Waals surface area contributed by atoms with Crippen molar-refractivity contribution < 1.29 is 9.47 Å². The zero-order chi connectivity index (χ0) is 14.4. The van der Waals surface area contributed by atoms with Crippen LogP contribution in [0.25, 0.3) is 10.6 Å². The second-order valence-electron chi connectivity index (χ2n) is 4.22. The van der Waals surface area contributed by atoms with Crippen LogP contribution < -0.4 is 14.8 Å². The molecule has 0 amide bonds. The van der Waals surface area contributed by atoms with Crippen LogP contribution in [0.3, 0.4) is 0 Å². The lowest BCUT2D eigenvalue weighted by Crippen LogP contribution is -2.11. The molecule has 1 heterocycles. The minimum atomic E-state index is 0.614. The number of methoxy groups -OCH3 is 1. The van der Waals surface area contributed by atoms with E-state index in [1.165, 1.54) is 0 Å². The topological polar surface area (TPSA) is 43.4 Å². The van der Waals surface area contributed by atoms with Crippen LogP contribution in [-0.4, -0.2) is 25.2 Å². The number of rotatable bonds is 7. The van der Waals surface area contributed by atoms with Crippen LogP contribution in [0, 0.1) is 0 Å². The van der Waals surface area contributed by atoms with E-state index in [2.05, 4.69) is 22.6 Å². The van der Waals surface area contributed by atoms with Gasteiger partial charge in [-0.1, -0.05) is 6.92 Å². The lowest BCUT2D eigenvalue weighted by Gasteiger charge is -2.10. The van der Waals surface area contributed by atoms with Crippen molar-refractivity contribution in [2.24, 2.45) is 0 Å². The maximum absolute atomic E-state index is 5.60. The molecule has 0 spiro atoms. The molecule has 1 N–H and O–H groups in total. The van der Waals surface area contributed by atoms with Crippen LogP contribution in [0.2, 0.25) is 0 Å². The first-order valence-corrected chi connectivity index (χ1v) is 7.62. The molecule has 5 heteroatoms. The molecule has 0 saturated heterocycles. The lowest BCUT2D eigenvalue weighted by atomic mass is 10.2. The summed E-state index contributed by atoms with van der Waals surface area (Å²) in [7, 11) is 1.65. The molecule has 4 nitrogen and oxygen atoms in total. The Hall–Kier alpha value is -1.59. The van der Waals surface area contributed by atoms with Gasteiger partial charge < -0.3 is 14.8 Å². The number of hydrogen-bond donors (Lipinski definition) is 1. The molecule has 1 aromatic heterocycles. The SMILES string of the molecule is CCNCc1csc(-c2ccc(OC)c(OCC)c2)n1. The molecule has 0 aliphatic heterocycles. The van der Waals surface area contributed by atoms with Crippen LogP contribution in [-0.2, 0) is 6.54 Å². The van der Waals surface area contributed by atoms with E-state index >= 15 is 0 Å². The monoisotopic (exact) mass is 292 g/mol. The number of hydrogen-bond acceptors (Lipinski definition) is 5. The summed E-state index contributed by atoms with van der Waals surface area (Å²) in [5, 5.41) is 6.37. The van der Waals surface area contributed by atoms with Crippen LogP contribution in [0.1, 0.15) is 19.5 Å². The zero-order valence-corrected chi connectivity index (χ0v) is 12.9. The zero-order valence-electron chi connectivity index (χ0n) is 12.1. The van der Waals surface area contributed by atoms with Crippen molar-refractivity contribution in [3.63, 3.8) is 0 Å². The van der Waals surface area contributed by atoms with Gasteiger partial charge in [0.05, 0.1) is 19.4 Å². The van der Waals surface area contributed by atoms with Gasteiger partial charge in [0.15, 0.2) is 11.5 Å². The molecule has 0 radical (unpaired) electrons. The Bertz CT molecular complexity index is 555. The highest BCUT2D eigenvalue weighted by Gasteiger charge is 2.09. The largest absolute Gasteiger partial charge is 0.493 e. The first kappa shape index (κ1) is 14.8. The number of nitrogens with zero attached hydrogens (tertiary/aromatic N) is 1. The molecule has 1 aromatic carbocycles. The Balaban J connectivity index is 2.23. The van der Waals surface area contributed by atoms with Crippen molar-refractivity contribution >= 4 is 11.3 Å². The summed E-state index contributed by atoms with van der Waals surface area (Å²) in [4.78, 5) is 4.63. The minimum absolute atomic E-state index is 0.614. The van der Waals surface area contributed by atoms with Crippen molar-refractivity contribution in [1.29, 1.82) is 0 Å². The Morgan fingerprint density at radius 2 is 2.10 bits per heavy atom. The summed E-state index contributed by atoms with van der Waals surface area (Å²) in [5.41, 5.74) is 2.13. The van der Waals surface area contributed by atoms with E-state index in [1.807, 2.05) is 25.1 Å². The van der Waals surface area contributed by atoms with Gasteiger partial charge in [0.2, 0.25) is 0 Å². The van der Waals surface area contributed by atoms with E-state index in [-0.39, 0.29) is 0 Å². The maximum Gasteiger partial charge on any atom is 0.161 e. The molecule has 0 bridgehead atoms. The summed E-state index contributed by atoms with van der Waals surface area (Å²) < 4.78 is 10.9. The second kappa shape index (κ2) is 7.26. The molecule has 2 aromatic rings. The summed E-state index contributed by atoms with van der Waals surface area (Å²) in [6, 6.07) is 5.92. The van der Waals surface area contributed by atoms with E-state index in [0.717, 1.165) is 40.9 Å². The van der Waals surface area contributed by atoms with E-state index in [4.69, 9.17) is 9.47 Å². The highest BCUT2D eigenvalue weighted by molar-refractivity contribution is 7.13. The molecular formula is C15H20N2O2S. The van der Waals surface area contributed by atoms with Crippen LogP contribution in [0.5, 0.6) is 11.5 Å². The van der Waals surface area contributed by atoms with Crippen molar-refractivity contribution in [1.82, 2.24) is 10.3 Å². The number of nitrogens with one attached hydrogen (secondary N) is 1. The molecule has 0 unspecified atom stereocenters. The fraction of sp³-hybridized carbons (Fsp3) is 0.400. The summed E-state index contributed by atoms with van der Waals surface area (Å²) in [5.74, 6) is 1.51. The van der Waals surface area contributed by atoms with Crippen molar-refractivity contribution in [3.8, 4) is 22.1 Å². The van der Waals surface area contributed by atoms with Crippen LogP contribution in [0.4, 0.5) is 0 Å². The molecule has 0 saturated carbocycles. The molecule has 2 rings (SSSR count). The van der Waals surface area contributed by atoms with Crippen LogP contribution in [0.15, 0.2) is 23.6 Å². The molecule has 108 valence electrons. The van der Waals surface area contributed by atoms with Crippen molar-refractivity contribution in [2.75, 3.05) is 20.3 Å². The first-order chi connectivity index (χ1) is 9.78. The van der Waals surface area contributed by atoms with Crippen molar-refractivity contribution in [2.45, 2.75) is 20.4 Å². The fourth-order valence-electron chi connectivity index (χ4n) is 1.85. The molecule has 0 aliphatic carbocycles. The van der Waals surface area contributed by atoms with Gasteiger partial charge in [0.25, 0.3) is 0 Å². The van der Waals surface area contributed by atoms with Gasteiger partial charge in [-0.2, -0.15) is 0 Å². The van der Waals surface area contributed by atoms with Gasteiger partial charge in [0.1, 0.15) is 5.01 Å². The minimum Gasteiger partial charge on any atom is -0.493 e. The predicted molar refractivity (Wildman–Crippen MR) is 82.7 cm³/mol. The summed E-state index contributed by atoms with van der Waals surface area (Å²) >= 11 is 1.65. The number of aromatic nitrogens is 1. The first-order valence-electron chi connectivity index (χ1n) is 6.74. The average Bonchev–Trinajstić information content (AvgIpc) is 2.94. The third-order valence-electron chi connectivity index (χ3n) is 2.82. The highest BCUT2D eigenvalue weighted by Crippen LogP contribution is 2.33. The second-order valence-corrected chi connectivity index (χ2v) is 5.08. The van der Waals surface area contributed by atoms with E-state index in [0.29, 0.717) is 6.61 Å². The standard InChI is InChI=1S/C15H20N2O2S/c1-4-16-9-12-10-20-15(17-12)11-6-7-13(18-3)14(8-11)19-5-2/h6-8,10,16H,4-5,9H2,1-3H3. The lowest BCUT2D eigenvalue weighted by molar-refractivity contribution is 0.311. The Kier molecular flexibility index (Phi) is 5.38. The molecule has 0 fully saturated rings. The van der Waals surface area contributed by atoms with Gasteiger partial charge in [-0.3, -0.25) is 0 Å². The Labute approximate surface area is 123 Å². The number of benzene rings is 1.